The molecule has 1 aliphatic rings. The molecule has 82 valence electrons. The van der Waals surface area contributed by atoms with Crippen molar-refractivity contribution in [2.24, 2.45) is 0 Å². The van der Waals surface area contributed by atoms with Gasteiger partial charge in [0.05, 0.1) is 13.2 Å². The van der Waals surface area contributed by atoms with Crippen LogP contribution >= 0.6 is 0 Å². The molecule has 0 unspecified atom stereocenters. The Bertz CT molecular complexity index is 317. The number of hydrogen-bond acceptors (Lipinski definition) is 3. The molecular weight excluding hydrogens is 195 g/mol. The molecule has 2 rings (SSSR count). The molecular formula is C11H15FN2O. The summed E-state index contributed by atoms with van der Waals surface area (Å²) in [5.74, 6) is -0.266. The van der Waals surface area contributed by atoms with Gasteiger partial charge in [0.1, 0.15) is 5.82 Å². The van der Waals surface area contributed by atoms with E-state index in [0.717, 1.165) is 38.4 Å². The van der Waals surface area contributed by atoms with Crippen molar-refractivity contribution < 1.29 is 9.13 Å². The highest BCUT2D eigenvalue weighted by Gasteiger charge is 2.11. The van der Waals surface area contributed by atoms with Crippen LogP contribution in [-0.4, -0.2) is 31.2 Å². The number of benzene rings is 1. The van der Waals surface area contributed by atoms with Gasteiger partial charge in [0, 0.05) is 25.3 Å². The van der Waals surface area contributed by atoms with Gasteiger partial charge in [-0.1, -0.05) is 0 Å². The number of nitrogens with zero attached hydrogens (tertiary/aromatic N) is 1. The van der Waals surface area contributed by atoms with Crippen molar-refractivity contribution in [1.82, 2.24) is 4.90 Å². The zero-order valence-corrected chi connectivity index (χ0v) is 8.58. The SMILES string of the molecule is Nc1cc(F)cc(CN2CCOCC2)c1. The minimum Gasteiger partial charge on any atom is -0.399 e. The number of nitrogen functional groups attached to an aromatic ring is 1. The van der Waals surface area contributed by atoms with Crippen LogP contribution in [0.1, 0.15) is 5.56 Å². The second-order valence-corrected chi connectivity index (χ2v) is 3.78. The summed E-state index contributed by atoms with van der Waals surface area (Å²) in [6.45, 7) is 4.05. The number of hydrogen-bond donors (Lipinski definition) is 1. The molecule has 2 N–H and O–H groups in total. The molecule has 1 fully saturated rings. The normalized spacial score (nSPS) is 17.9. The van der Waals surface area contributed by atoms with E-state index in [-0.39, 0.29) is 5.82 Å². The highest BCUT2D eigenvalue weighted by Crippen LogP contribution is 2.13. The monoisotopic (exact) mass is 210 g/mol. The minimum absolute atomic E-state index is 0.266. The molecule has 1 aliphatic heterocycles. The van der Waals surface area contributed by atoms with E-state index in [0.29, 0.717) is 5.69 Å². The average Bonchev–Trinajstić information content (AvgIpc) is 2.17. The summed E-state index contributed by atoms with van der Waals surface area (Å²) in [6, 6.07) is 4.69. The van der Waals surface area contributed by atoms with Crippen LogP contribution in [0.5, 0.6) is 0 Å². The molecule has 0 aliphatic carbocycles. The van der Waals surface area contributed by atoms with E-state index >= 15 is 0 Å². The number of rotatable bonds is 2. The van der Waals surface area contributed by atoms with Crippen molar-refractivity contribution in [2.45, 2.75) is 6.54 Å². The van der Waals surface area contributed by atoms with Gasteiger partial charge in [-0.25, -0.2) is 4.39 Å². The molecule has 1 saturated heterocycles. The third-order valence-electron chi connectivity index (χ3n) is 2.49. The van der Waals surface area contributed by atoms with E-state index in [2.05, 4.69) is 4.90 Å². The fourth-order valence-corrected chi connectivity index (χ4v) is 1.78. The summed E-state index contributed by atoms with van der Waals surface area (Å²) in [5, 5.41) is 0. The van der Waals surface area contributed by atoms with Crippen molar-refractivity contribution in [2.75, 3.05) is 32.0 Å². The fourth-order valence-electron chi connectivity index (χ4n) is 1.78. The van der Waals surface area contributed by atoms with Crippen LogP contribution in [0.2, 0.25) is 0 Å². The van der Waals surface area contributed by atoms with Crippen LogP contribution in [0.15, 0.2) is 18.2 Å². The molecule has 0 radical (unpaired) electrons. The highest BCUT2D eigenvalue weighted by molar-refractivity contribution is 5.41. The fraction of sp³-hybridized carbons (Fsp3) is 0.455. The molecule has 0 saturated carbocycles. The van der Waals surface area contributed by atoms with E-state index in [9.17, 15) is 4.39 Å². The minimum atomic E-state index is -0.266. The summed E-state index contributed by atoms with van der Waals surface area (Å²) >= 11 is 0. The van der Waals surface area contributed by atoms with Gasteiger partial charge in [0.15, 0.2) is 0 Å². The Morgan fingerprint density at radius 2 is 2.00 bits per heavy atom. The molecule has 0 aromatic heterocycles. The number of halogens is 1. The Balaban J connectivity index is 2.02. The van der Waals surface area contributed by atoms with E-state index in [1.165, 1.54) is 12.1 Å². The summed E-state index contributed by atoms with van der Waals surface area (Å²) in [6.07, 6.45) is 0. The lowest BCUT2D eigenvalue weighted by atomic mass is 10.2. The maximum absolute atomic E-state index is 13.1. The standard InChI is InChI=1S/C11H15FN2O/c12-10-5-9(6-11(13)7-10)8-14-1-3-15-4-2-14/h5-7H,1-4,8,13H2. The predicted molar refractivity (Wildman–Crippen MR) is 56.9 cm³/mol. The Morgan fingerprint density at radius 1 is 1.27 bits per heavy atom. The third-order valence-corrected chi connectivity index (χ3v) is 2.49. The zero-order chi connectivity index (χ0) is 10.7. The van der Waals surface area contributed by atoms with Gasteiger partial charge < -0.3 is 10.5 Å². The topological polar surface area (TPSA) is 38.5 Å². The highest BCUT2D eigenvalue weighted by atomic mass is 19.1. The third kappa shape index (κ3) is 2.91. The van der Waals surface area contributed by atoms with Crippen molar-refractivity contribution in [3.8, 4) is 0 Å². The predicted octanol–water partition coefficient (Wildman–Crippen LogP) is 1.24. The van der Waals surface area contributed by atoms with Crippen LogP contribution in [0.3, 0.4) is 0 Å². The van der Waals surface area contributed by atoms with E-state index in [1.54, 1.807) is 0 Å². The molecule has 1 aromatic carbocycles. The van der Waals surface area contributed by atoms with Crippen molar-refractivity contribution in [3.05, 3.63) is 29.6 Å². The largest absolute Gasteiger partial charge is 0.399 e. The van der Waals surface area contributed by atoms with Crippen LogP contribution < -0.4 is 5.73 Å². The van der Waals surface area contributed by atoms with Crippen molar-refractivity contribution >= 4 is 5.69 Å². The Hall–Kier alpha value is -1.13. The first kappa shape index (κ1) is 10.4. The van der Waals surface area contributed by atoms with Crippen LogP contribution in [0.4, 0.5) is 10.1 Å². The number of morpholine rings is 1. The molecule has 15 heavy (non-hydrogen) atoms. The summed E-state index contributed by atoms with van der Waals surface area (Å²) in [7, 11) is 0. The van der Waals surface area contributed by atoms with Gasteiger partial charge in [-0.05, 0) is 23.8 Å². The molecule has 1 heterocycles. The first-order valence-electron chi connectivity index (χ1n) is 5.09. The molecule has 1 aromatic rings. The maximum atomic E-state index is 13.1. The Labute approximate surface area is 88.6 Å². The summed E-state index contributed by atoms with van der Waals surface area (Å²) in [5.41, 5.74) is 6.99. The lowest BCUT2D eigenvalue weighted by Crippen LogP contribution is -2.35. The molecule has 0 atom stereocenters. The lowest BCUT2D eigenvalue weighted by Gasteiger charge is -2.26. The van der Waals surface area contributed by atoms with Gasteiger partial charge in [-0.15, -0.1) is 0 Å². The number of anilines is 1. The Kier molecular flexibility index (Phi) is 3.18. The zero-order valence-electron chi connectivity index (χ0n) is 8.58. The number of nitrogens with two attached hydrogens (primary N) is 1. The average molecular weight is 210 g/mol. The van der Waals surface area contributed by atoms with E-state index in [4.69, 9.17) is 10.5 Å². The van der Waals surface area contributed by atoms with Crippen LogP contribution in [-0.2, 0) is 11.3 Å². The van der Waals surface area contributed by atoms with Gasteiger partial charge >= 0.3 is 0 Å². The first-order valence-corrected chi connectivity index (χ1v) is 5.09. The Morgan fingerprint density at radius 3 is 2.67 bits per heavy atom. The second kappa shape index (κ2) is 4.59. The van der Waals surface area contributed by atoms with Gasteiger partial charge in [-0.2, -0.15) is 0 Å². The maximum Gasteiger partial charge on any atom is 0.125 e. The van der Waals surface area contributed by atoms with Crippen LogP contribution in [0.25, 0.3) is 0 Å². The molecule has 3 nitrogen and oxygen atoms in total. The van der Waals surface area contributed by atoms with E-state index < -0.39 is 0 Å². The second-order valence-electron chi connectivity index (χ2n) is 3.78. The smallest absolute Gasteiger partial charge is 0.125 e. The molecule has 0 bridgehead atoms. The summed E-state index contributed by atoms with van der Waals surface area (Å²) in [4.78, 5) is 2.23. The van der Waals surface area contributed by atoms with E-state index in [1.807, 2.05) is 6.07 Å². The van der Waals surface area contributed by atoms with Gasteiger partial charge in [0.25, 0.3) is 0 Å². The lowest BCUT2D eigenvalue weighted by molar-refractivity contribution is 0.0341. The quantitative estimate of drug-likeness (QED) is 0.746. The molecule has 0 amide bonds. The first-order chi connectivity index (χ1) is 7.24. The van der Waals surface area contributed by atoms with Crippen molar-refractivity contribution in [1.29, 1.82) is 0 Å². The van der Waals surface area contributed by atoms with Gasteiger partial charge in [0.2, 0.25) is 0 Å². The molecule has 4 heteroatoms. The van der Waals surface area contributed by atoms with Crippen molar-refractivity contribution in [3.63, 3.8) is 0 Å². The van der Waals surface area contributed by atoms with Gasteiger partial charge in [-0.3, -0.25) is 4.90 Å². The van der Waals surface area contributed by atoms with Crippen LogP contribution in [0, 0.1) is 5.82 Å². The number of ether oxygens (including phenoxy) is 1. The molecule has 0 spiro atoms. The summed E-state index contributed by atoms with van der Waals surface area (Å²) < 4.78 is 18.3.